The van der Waals surface area contributed by atoms with E-state index in [2.05, 4.69) is 83.1 Å². The lowest BCUT2D eigenvalue weighted by Gasteiger charge is -2.30. The molecular formula is C21H46. The zero-order valence-corrected chi connectivity index (χ0v) is 17.3. The van der Waals surface area contributed by atoms with Crippen molar-refractivity contribution in [3.63, 3.8) is 0 Å². The van der Waals surface area contributed by atoms with Gasteiger partial charge in [-0.3, -0.25) is 0 Å². The minimum Gasteiger partial charge on any atom is -0.0651 e. The van der Waals surface area contributed by atoms with Crippen molar-refractivity contribution in [2.45, 2.75) is 89.5 Å². The first kappa shape index (κ1) is 23.3. The summed E-state index contributed by atoms with van der Waals surface area (Å²) in [5.74, 6) is 6.85. The molecule has 0 heteroatoms. The summed E-state index contributed by atoms with van der Waals surface area (Å²) in [6, 6.07) is 0. The van der Waals surface area contributed by atoms with Crippen molar-refractivity contribution < 1.29 is 0 Å². The second kappa shape index (κ2) is 11.6. The van der Waals surface area contributed by atoms with Gasteiger partial charge in [-0.2, -0.15) is 0 Å². The summed E-state index contributed by atoms with van der Waals surface area (Å²) in [7, 11) is 0. The van der Waals surface area contributed by atoms with Gasteiger partial charge in [-0.25, -0.2) is 0 Å². The Balaban J connectivity index is 0. The molecule has 0 aromatic rings. The Morgan fingerprint density at radius 1 is 0.429 bits per heavy atom. The van der Waals surface area contributed by atoms with Gasteiger partial charge in [-0.1, -0.05) is 89.5 Å². The molecule has 0 heterocycles. The molecular weight excluding hydrogens is 252 g/mol. The highest BCUT2D eigenvalue weighted by molar-refractivity contribution is 4.71. The largest absolute Gasteiger partial charge is 0.0651 e. The molecule has 0 aliphatic heterocycles. The van der Waals surface area contributed by atoms with Crippen LogP contribution in [0.2, 0.25) is 0 Å². The van der Waals surface area contributed by atoms with Crippen molar-refractivity contribution in [1.82, 2.24) is 0 Å². The van der Waals surface area contributed by atoms with Crippen LogP contribution in [0.5, 0.6) is 0 Å². The summed E-state index contributed by atoms with van der Waals surface area (Å²) in [5.41, 5.74) is 0. The van der Waals surface area contributed by atoms with Gasteiger partial charge in [0.15, 0.2) is 0 Å². The Bertz CT molecular complexity index is 195. The van der Waals surface area contributed by atoms with Gasteiger partial charge in [0.05, 0.1) is 0 Å². The molecule has 0 aromatic carbocycles. The standard InChI is InChI=1S/C11H24.C10H22/c1-7-10(6)11(8(2)3)9(4)5;1-7(2)10(8(3)4)9(5)6/h8-11H,7H2,1-6H3;7-10H,1-6H3. The Kier molecular flexibility index (Phi) is 12.8. The van der Waals surface area contributed by atoms with Gasteiger partial charge < -0.3 is 0 Å². The molecule has 21 heavy (non-hydrogen) atoms. The first-order chi connectivity index (χ1) is 9.47. The normalized spacial score (nSPS) is 13.9. The minimum absolute atomic E-state index is 0.833. The predicted octanol–water partition coefficient (Wildman–Crippen LogP) is 7.53. The van der Waals surface area contributed by atoms with E-state index < -0.39 is 0 Å². The van der Waals surface area contributed by atoms with Crippen LogP contribution in [-0.2, 0) is 0 Å². The van der Waals surface area contributed by atoms with Crippen LogP contribution in [-0.4, -0.2) is 0 Å². The van der Waals surface area contributed by atoms with E-state index in [1.807, 2.05) is 0 Å². The van der Waals surface area contributed by atoms with Crippen molar-refractivity contribution in [2.24, 2.45) is 47.3 Å². The third-order valence-electron chi connectivity index (χ3n) is 5.15. The summed E-state index contributed by atoms with van der Waals surface area (Å²) >= 11 is 0. The Morgan fingerprint density at radius 3 is 0.714 bits per heavy atom. The Labute approximate surface area is 137 Å². The molecule has 0 aliphatic carbocycles. The maximum Gasteiger partial charge on any atom is -0.0342 e. The van der Waals surface area contributed by atoms with Gasteiger partial charge in [0.25, 0.3) is 0 Å². The fraction of sp³-hybridized carbons (Fsp3) is 1.00. The first-order valence-electron chi connectivity index (χ1n) is 9.47. The van der Waals surface area contributed by atoms with Crippen LogP contribution < -0.4 is 0 Å². The number of rotatable bonds is 7. The van der Waals surface area contributed by atoms with Crippen LogP contribution in [0.3, 0.4) is 0 Å². The molecule has 130 valence electrons. The SMILES string of the molecule is CC(C)C(C(C)C)C(C)C.CCC(C)C(C(C)C)C(C)C. The summed E-state index contributed by atoms with van der Waals surface area (Å²) in [6.07, 6.45) is 1.32. The molecule has 1 atom stereocenters. The van der Waals surface area contributed by atoms with Gasteiger partial charge in [0.1, 0.15) is 0 Å². The van der Waals surface area contributed by atoms with E-state index in [0.717, 1.165) is 47.3 Å². The van der Waals surface area contributed by atoms with E-state index in [1.165, 1.54) is 6.42 Å². The van der Waals surface area contributed by atoms with Crippen LogP contribution in [0.15, 0.2) is 0 Å². The quantitative estimate of drug-likeness (QED) is 0.455. The molecule has 1 unspecified atom stereocenters. The third-order valence-corrected chi connectivity index (χ3v) is 5.15. The highest BCUT2D eigenvalue weighted by Gasteiger charge is 2.22. The summed E-state index contributed by atoms with van der Waals surface area (Å²) in [6.45, 7) is 28.0. The minimum atomic E-state index is 0.833. The summed E-state index contributed by atoms with van der Waals surface area (Å²) < 4.78 is 0. The fourth-order valence-electron chi connectivity index (χ4n) is 4.67. The molecule has 0 N–H and O–H groups in total. The smallest absolute Gasteiger partial charge is 0.0342 e. The average molecular weight is 299 g/mol. The average Bonchev–Trinajstić information content (AvgIpc) is 2.26. The zero-order valence-electron chi connectivity index (χ0n) is 17.3. The molecule has 0 aliphatic rings. The third kappa shape index (κ3) is 9.59. The molecule has 0 bridgehead atoms. The predicted molar refractivity (Wildman–Crippen MR) is 101 cm³/mol. The molecule has 0 spiro atoms. The Morgan fingerprint density at radius 2 is 0.667 bits per heavy atom. The molecule has 0 nitrogen and oxygen atoms in total. The molecule has 0 amide bonds. The van der Waals surface area contributed by atoms with Crippen molar-refractivity contribution in [2.75, 3.05) is 0 Å². The van der Waals surface area contributed by atoms with Gasteiger partial charge in [-0.05, 0) is 47.3 Å². The topological polar surface area (TPSA) is 0 Å². The van der Waals surface area contributed by atoms with Gasteiger partial charge in [0.2, 0.25) is 0 Å². The van der Waals surface area contributed by atoms with Gasteiger partial charge in [-0.15, -0.1) is 0 Å². The van der Waals surface area contributed by atoms with E-state index >= 15 is 0 Å². The maximum atomic E-state index is 2.38. The zero-order chi connectivity index (χ0) is 17.3. The van der Waals surface area contributed by atoms with E-state index in [4.69, 9.17) is 0 Å². The van der Waals surface area contributed by atoms with E-state index in [1.54, 1.807) is 0 Å². The van der Waals surface area contributed by atoms with Crippen LogP contribution in [0.1, 0.15) is 89.5 Å². The van der Waals surface area contributed by atoms with Crippen LogP contribution in [0, 0.1) is 47.3 Å². The molecule has 0 fully saturated rings. The lowest BCUT2D eigenvalue weighted by Crippen LogP contribution is -2.22. The van der Waals surface area contributed by atoms with E-state index in [9.17, 15) is 0 Å². The second-order valence-electron chi connectivity index (χ2n) is 8.76. The number of hydrogen-bond acceptors (Lipinski definition) is 0. The van der Waals surface area contributed by atoms with Gasteiger partial charge >= 0.3 is 0 Å². The van der Waals surface area contributed by atoms with Gasteiger partial charge in [0, 0.05) is 0 Å². The lowest BCUT2D eigenvalue weighted by molar-refractivity contribution is 0.194. The summed E-state index contributed by atoms with van der Waals surface area (Å²) in [5, 5.41) is 0. The van der Waals surface area contributed by atoms with Crippen LogP contribution >= 0.6 is 0 Å². The molecule has 0 rings (SSSR count). The molecule has 0 saturated heterocycles. The molecule has 0 aromatic heterocycles. The second-order valence-corrected chi connectivity index (χ2v) is 8.76. The van der Waals surface area contributed by atoms with E-state index in [0.29, 0.717) is 0 Å². The van der Waals surface area contributed by atoms with Crippen LogP contribution in [0.4, 0.5) is 0 Å². The summed E-state index contributed by atoms with van der Waals surface area (Å²) in [4.78, 5) is 0. The molecule has 0 saturated carbocycles. The Hall–Kier alpha value is 0. The van der Waals surface area contributed by atoms with Crippen molar-refractivity contribution in [3.8, 4) is 0 Å². The number of hydrogen-bond donors (Lipinski definition) is 0. The highest BCUT2D eigenvalue weighted by Crippen LogP contribution is 2.30. The highest BCUT2D eigenvalue weighted by atomic mass is 14.3. The van der Waals surface area contributed by atoms with E-state index in [-0.39, 0.29) is 0 Å². The first-order valence-corrected chi connectivity index (χ1v) is 9.47. The lowest BCUT2D eigenvalue weighted by atomic mass is 9.76. The fourth-order valence-corrected chi connectivity index (χ4v) is 4.67. The van der Waals surface area contributed by atoms with Crippen molar-refractivity contribution in [3.05, 3.63) is 0 Å². The molecule has 0 radical (unpaired) electrons. The monoisotopic (exact) mass is 298 g/mol. The van der Waals surface area contributed by atoms with Crippen molar-refractivity contribution >= 4 is 0 Å². The van der Waals surface area contributed by atoms with Crippen molar-refractivity contribution in [1.29, 1.82) is 0 Å². The van der Waals surface area contributed by atoms with Crippen LogP contribution in [0.25, 0.3) is 0 Å². The maximum absolute atomic E-state index is 2.38.